The summed E-state index contributed by atoms with van der Waals surface area (Å²) in [7, 11) is 0. The molecule has 140 valence electrons. The maximum Gasteiger partial charge on any atom is 0.340 e. The van der Waals surface area contributed by atoms with E-state index in [4.69, 9.17) is 4.74 Å². The number of ether oxygens (including phenoxy) is 1. The minimum atomic E-state index is -0.413. The lowest BCUT2D eigenvalue weighted by molar-refractivity contribution is 0.0527. The lowest BCUT2D eigenvalue weighted by Crippen LogP contribution is -2.07. The second-order valence-corrected chi connectivity index (χ2v) is 7.40. The van der Waals surface area contributed by atoms with E-state index in [2.05, 4.69) is 32.3 Å². The number of thiazole rings is 1. The van der Waals surface area contributed by atoms with Gasteiger partial charge in [-0.3, -0.25) is 0 Å². The van der Waals surface area contributed by atoms with Crippen LogP contribution in [0.1, 0.15) is 22.3 Å². The Labute approximate surface area is 175 Å². The minimum absolute atomic E-state index is 0.296. The standard InChI is InChI=1S/C21H16BrN3O2S/c1-2-27-21(26)17-5-3-4-6-18(17)24-12-15(11-23)20-25-19(13-28-20)14-7-9-16(22)10-8-14/h3-10,12-13,24H,2H2,1H3. The Morgan fingerprint density at radius 3 is 2.75 bits per heavy atom. The molecule has 3 rings (SSSR count). The highest BCUT2D eigenvalue weighted by atomic mass is 79.9. The summed E-state index contributed by atoms with van der Waals surface area (Å²) >= 11 is 4.80. The number of hydrogen-bond donors (Lipinski definition) is 1. The maximum absolute atomic E-state index is 12.1. The van der Waals surface area contributed by atoms with Gasteiger partial charge in [0.15, 0.2) is 0 Å². The van der Waals surface area contributed by atoms with Crippen molar-refractivity contribution in [1.29, 1.82) is 5.26 Å². The smallest absolute Gasteiger partial charge is 0.340 e. The Kier molecular flexibility index (Phi) is 6.58. The molecule has 0 unspecified atom stereocenters. The van der Waals surface area contributed by atoms with Crippen molar-refractivity contribution < 1.29 is 9.53 Å². The predicted molar refractivity (Wildman–Crippen MR) is 115 cm³/mol. The second-order valence-electron chi connectivity index (χ2n) is 5.62. The summed E-state index contributed by atoms with van der Waals surface area (Å²) in [4.78, 5) is 16.6. The molecule has 1 N–H and O–H groups in total. The third kappa shape index (κ3) is 4.66. The van der Waals surface area contributed by atoms with Crippen LogP contribution in [0.2, 0.25) is 0 Å². The molecule has 1 heterocycles. The van der Waals surface area contributed by atoms with Crippen molar-refractivity contribution >= 4 is 44.5 Å². The van der Waals surface area contributed by atoms with Gasteiger partial charge in [-0.2, -0.15) is 5.26 Å². The summed E-state index contributed by atoms with van der Waals surface area (Å²) in [6.45, 7) is 2.05. The number of rotatable bonds is 6. The van der Waals surface area contributed by atoms with Gasteiger partial charge in [0.05, 0.1) is 23.6 Å². The van der Waals surface area contributed by atoms with E-state index >= 15 is 0 Å². The third-order valence-corrected chi connectivity index (χ3v) is 5.19. The molecule has 28 heavy (non-hydrogen) atoms. The summed E-state index contributed by atoms with van der Waals surface area (Å²) < 4.78 is 6.06. The Bertz CT molecular complexity index is 1050. The molecule has 0 aliphatic rings. The summed E-state index contributed by atoms with van der Waals surface area (Å²) in [6, 6.07) is 17.0. The van der Waals surface area contributed by atoms with Crippen LogP contribution in [-0.2, 0) is 4.74 Å². The molecule has 0 atom stereocenters. The van der Waals surface area contributed by atoms with Gasteiger partial charge in [-0.15, -0.1) is 11.3 Å². The Morgan fingerprint density at radius 2 is 2.04 bits per heavy atom. The van der Waals surface area contributed by atoms with E-state index in [1.807, 2.05) is 29.6 Å². The highest BCUT2D eigenvalue weighted by Crippen LogP contribution is 2.27. The Balaban J connectivity index is 1.83. The van der Waals surface area contributed by atoms with Crippen LogP contribution in [0.15, 0.2) is 64.6 Å². The molecule has 0 spiro atoms. The van der Waals surface area contributed by atoms with Crippen molar-refractivity contribution in [2.45, 2.75) is 6.92 Å². The fourth-order valence-electron chi connectivity index (χ4n) is 2.44. The van der Waals surface area contributed by atoms with Gasteiger partial charge in [0.2, 0.25) is 0 Å². The van der Waals surface area contributed by atoms with Crippen molar-refractivity contribution in [3.63, 3.8) is 0 Å². The summed E-state index contributed by atoms with van der Waals surface area (Å²) in [5.74, 6) is -0.413. The van der Waals surface area contributed by atoms with E-state index in [0.29, 0.717) is 28.4 Å². The topological polar surface area (TPSA) is 75.0 Å². The Morgan fingerprint density at radius 1 is 1.29 bits per heavy atom. The molecule has 0 fully saturated rings. The fraction of sp³-hybridized carbons (Fsp3) is 0.0952. The molecule has 0 amide bonds. The Hall–Kier alpha value is -2.95. The van der Waals surface area contributed by atoms with Gasteiger partial charge < -0.3 is 10.1 Å². The number of benzene rings is 2. The normalized spacial score (nSPS) is 11.0. The number of para-hydroxylation sites is 1. The summed E-state index contributed by atoms with van der Waals surface area (Å²) in [5.41, 5.74) is 3.14. The average Bonchev–Trinajstić information content (AvgIpc) is 3.19. The molecule has 1 aromatic heterocycles. The maximum atomic E-state index is 12.1. The van der Waals surface area contributed by atoms with E-state index in [-0.39, 0.29) is 0 Å². The molecule has 3 aromatic rings. The van der Waals surface area contributed by atoms with E-state index in [0.717, 1.165) is 15.7 Å². The van der Waals surface area contributed by atoms with E-state index in [1.54, 1.807) is 37.4 Å². The zero-order chi connectivity index (χ0) is 19.9. The first-order chi connectivity index (χ1) is 13.6. The van der Waals surface area contributed by atoms with Crippen LogP contribution in [0.5, 0.6) is 0 Å². The van der Waals surface area contributed by atoms with Crippen LogP contribution >= 0.6 is 27.3 Å². The lowest BCUT2D eigenvalue weighted by atomic mass is 10.1. The van der Waals surface area contributed by atoms with Crippen molar-refractivity contribution in [1.82, 2.24) is 4.98 Å². The number of hydrogen-bond acceptors (Lipinski definition) is 6. The van der Waals surface area contributed by atoms with E-state index in [9.17, 15) is 10.1 Å². The summed E-state index contributed by atoms with van der Waals surface area (Å²) in [5, 5.41) is 15.1. The molecular weight excluding hydrogens is 438 g/mol. The number of anilines is 1. The number of carbonyl (C=O) groups is 1. The number of halogens is 1. The van der Waals surface area contributed by atoms with Gasteiger partial charge in [-0.05, 0) is 31.2 Å². The quantitative estimate of drug-likeness (QED) is 0.381. The zero-order valence-electron chi connectivity index (χ0n) is 15.0. The van der Waals surface area contributed by atoms with Gasteiger partial charge in [-0.25, -0.2) is 9.78 Å². The first-order valence-corrected chi connectivity index (χ1v) is 10.1. The third-order valence-electron chi connectivity index (χ3n) is 3.79. The molecular formula is C21H16BrN3O2S. The number of nitrogens with one attached hydrogen (secondary N) is 1. The van der Waals surface area contributed by atoms with Crippen LogP contribution in [0, 0.1) is 11.3 Å². The highest BCUT2D eigenvalue weighted by molar-refractivity contribution is 9.10. The van der Waals surface area contributed by atoms with Crippen molar-refractivity contribution in [3.05, 3.63) is 75.2 Å². The molecule has 0 radical (unpaired) electrons. The van der Waals surface area contributed by atoms with Gasteiger partial charge >= 0.3 is 5.97 Å². The van der Waals surface area contributed by atoms with Crippen LogP contribution in [0.25, 0.3) is 16.8 Å². The van der Waals surface area contributed by atoms with Crippen LogP contribution in [-0.4, -0.2) is 17.6 Å². The van der Waals surface area contributed by atoms with Gasteiger partial charge in [0.1, 0.15) is 16.6 Å². The highest BCUT2D eigenvalue weighted by Gasteiger charge is 2.12. The fourth-order valence-corrected chi connectivity index (χ4v) is 3.50. The number of esters is 1. The molecule has 0 saturated carbocycles. The summed E-state index contributed by atoms with van der Waals surface area (Å²) in [6.07, 6.45) is 1.56. The molecule has 5 nitrogen and oxygen atoms in total. The number of allylic oxidation sites excluding steroid dienone is 1. The lowest BCUT2D eigenvalue weighted by Gasteiger charge is -2.08. The van der Waals surface area contributed by atoms with Crippen molar-refractivity contribution in [3.8, 4) is 17.3 Å². The van der Waals surface area contributed by atoms with Crippen molar-refractivity contribution in [2.24, 2.45) is 0 Å². The van der Waals surface area contributed by atoms with Crippen molar-refractivity contribution in [2.75, 3.05) is 11.9 Å². The second kappa shape index (κ2) is 9.31. The monoisotopic (exact) mass is 453 g/mol. The number of aromatic nitrogens is 1. The SMILES string of the molecule is CCOC(=O)c1ccccc1NC=C(C#N)c1nc(-c2ccc(Br)cc2)cs1. The molecule has 0 bridgehead atoms. The molecule has 7 heteroatoms. The average molecular weight is 454 g/mol. The number of carbonyl (C=O) groups excluding carboxylic acids is 1. The van der Waals surface area contributed by atoms with Gasteiger partial charge in [-0.1, -0.05) is 40.2 Å². The minimum Gasteiger partial charge on any atom is -0.462 e. The zero-order valence-corrected chi connectivity index (χ0v) is 17.4. The number of nitriles is 1. The number of nitrogens with zero attached hydrogens (tertiary/aromatic N) is 2. The largest absolute Gasteiger partial charge is 0.462 e. The molecule has 0 aliphatic carbocycles. The predicted octanol–water partition coefficient (Wildman–Crippen LogP) is 5.73. The van der Waals surface area contributed by atoms with Gasteiger partial charge in [0, 0.05) is 21.6 Å². The molecule has 0 saturated heterocycles. The van der Waals surface area contributed by atoms with Crippen LogP contribution < -0.4 is 5.32 Å². The molecule has 0 aliphatic heterocycles. The van der Waals surface area contributed by atoms with Crippen LogP contribution in [0.3, 0.4) is 0 Å². The molecule has 2 aromatic carbocycles. The van der Waals surface area contributed by atoms with Crippen LogP contribution in [0.4, 0.5) is 5.69 Å². The van der Waals surface area contributed by atoms with Gasteiger partial charge in [0.25, 0.3) is 0 Å². The van der Waals surface area contributed by atoms with E-state index in [1.165, 1.54) is 11.3 Å². The first kappa shape index (κ1) is 19.8. The van der Waals surface area contributed by atoms with E-state index < -0.39 is 5.97 Å². The first-order valence-electron chi connectivity index (χ1n) is 8.47.